The monoisotopic (exact) mass is 440 g/mol. The maximum atomic E-state index is 12.8. The van der Waals surface area contributed by atoms with E-state index in [1.54, 1.807) is 30.3 Å². The van der Waals surface area contributed by atoms with Crippen molar-refractivity contribution in [2.75, 3.05) is 12.3 Å². The van der Waals surface area contributed by atoms with Crippen molar-refractivity contribution in [2.24, 2.45) is 14.1 Å². The summed E-state index contributed by atoms with van der Waals surface area (Å²) in [5.74, 6) is -2.86. The Balaban J connectivity index is 1.81. The number of anilines is 1. The molecule has 2 heterocycles. The molecule has 3 rings (SSSR count). The van der Waals surface area contributed by atoms with E-state index in [2.05, 4.69) is 5.32 Å². The number of nitrogens with one attached hydrogen (secondary N) is 1. The summed E-state index contributed by atoms with van der Waals surface area (Å²) in [4.78, 5) is 61.9. The van der Waals surface area contributed by atoms with Crippen LogP contribution in [0.3, 0.4) is 0 Å². The quantitative estimate of drug-likeness (QED) is 0.389. The van der Waals surface area contributed by atoms with E-state index in [9.17, 15) is 24.0 Å². The summed E-state index contributed by atoms with van der Waals surface area (Å²) < 4.78 is 11.8. The van der Waals surface area contributed by atoms with Gasteiger partial charge in [-0.1, -0.05) is 30.3 Å². The van der Waals surface area contributed by atoms with E-state index in [0.29, 0.717) is 5.56 Å². The average Bonchev–Trinajstić information content (AvgIpc) is 3.34. The molecule has 1 unspecified atom stereocenters. The fraction of sp³-hybridized carbons (Fsp3) is 0.190. The van der Waals surface area contributed by atoms with Crippen LogP contribution < -0.4 is 22.3 Å². The fourth-order valence-electron chi connectivity index (χ4n) is 2.95. The smallest absolute Gasteiger partial charge is 0.333 e. The van der Waals surface area contributed by atoms with E-state index in [0.717, 1.165) is 9.13 Å². The third-order valence-electron chi connectivity index (χ3n) is 4.72. The number of amides is 1. The molecule has 1 amide bonds. The van der Waals surface area contributed by atoms with Crippen molar-refractivity contribution < 1.29 is 23.5 Å². The second kappa shape index (κ2) is 9.16. The van der Waals surface area contributed by atoms with Crippen molar-refractivity contribution in [3.8, 4) is 0 Å². The molecular formula is C21H20N4O7. The van der Waals surface area contributed by atoms with Crippen molar-refractivity contribution in [3.05, 3.63) is 86.5 Å². The zero-order valence-electron chi connectivity index (χ0n) is 17.2. The Morgan fingerprint density at radius 3 is 2.38 bits per heavy atom. The lowest BCUT2D eigenvalue weighted by Gasteiger charge is -2.17. The van der Waals surface area contributed by atoms with Crippen LogP contribution >= 0.6 is 0 Å². The minimum atomic E-state index is -1.25. The predicted octanol–water partition coefficient (Wildman–Crippen LogP) is 0.156. The van der Waals surface area contributed by atoms with Crippen LogP contribution in [0.15, 0.2) is 62.7 Å². The molecule has 3 aromatic rings. The van der Waals surface area contributed by atoms with Gasteiger partial charge in [-0.2, -0.15) is 0 Å². The summed E-state index contributed by atoms with van der Waals surface area (Å²) in [6, 6.07) is 9.92. The number of ether oxygens (including phenoxy) is 1. The van der Waals surface area contributed by atoms with Gasteiger partial charge in [0, 0.05) is 14.1 Å². The number of benzene rings is 1. The highest BCUT2D eigenvalue weighted by Crippen LogP contribution is 2.16. The summed E-state index contributed by atoms with van der Waals surface area (Å²) in [6.45, 7) is -0.823. The SMILES string of the molecule is Cn1c(N)c(C(=O)COC(=O)C(NC(=O)c2ccco2)c2ccccc2)c(=O)n(C)c1=O. The van der Waals surface area contributed by atoms with Crippen LogP contribution in [0.25, 0.3) is 0 Å². The molecule has 0 bridgehead atoms. The van der Waals surface area contributed by atoms with E-state index in [1.165, 1.54) is 32.5 Å². The standard InChI is InChI=1S/C21H20N4O7/c1-24-17(22)15(19(28)25(2)21(24)30)13(26)11-32-20(29)16(12-7-4-3-5-8-12)23-18(27)14-9-6-10-31-14/h3-10,16H,11,22H2,1-2H3,(H,23,27). The molecular weight excluding hydrogens is 420 g/mol. The number of carbonyl (C=O) groups excluding carboxylic acids is 3. The third-order valence-corrected chi connectivity index (χ3v) is 4.72. The van der Waals surface area contributed by atoms with Gasteiger partial charge in [0.25, 0.3) is 11.5 Å². The molecule has 11 nitrogen and oxygen atoms in total. The van der Waals surface area contributed by atoms with E-state index in [4.69, 9.17) is 14.9 Å². The fourth-order valence-corrected chi connectivity index (χ4v) is 2.95. The Kier molecular flexibility index (Phi) is 6.38. The Morgan fingerprint density at radius 2 is 1.75 bits per heavy atom. The van der Waals surface area contributed by atoms with Gasteiger partial charge in [0.15, 0.2) is 18.4 Å². The van der Waals surface area contributed by atoms with Gasteiger partial charge in [-0.05, 0) is 17.7 Å². The van der Waals surface area contributed by atoms with Gasteiger partial charge in [-0.15, -0.1) is 0 Å². The van der Waals surface area contributed by atoms with Gasteiger partial charge < -0.3 is 20.2 Å². The third kappa shape index (κ3) is 4.36. The lowest BCUT2D eigenvalue weighted by Crippen LogP contribution is -2.42. The van der Waals surface area contributed by atoms with Crippen LogP contribution in [0, 0.1) is 0 Å². The summed E-state index contributed by atoms with van der Waals surface area (Å²) in [6.07, 6.45) is 1.31. The molecule has 0 saturated heterocycles. The number of Topliss-reactive ketones (excluding diaryl/α,β-unsaturated/α-hetero) is 1. The van der Waals surface area contributed by atoms with Gasteiger partial charge in [0.2, 0.25) is 5.78 Å². The highest BCUT2D eigenvalue weighted by molar-refractivity contribution is 6.01. The number of furan rings is 1. The average molecular weight is 440 g/mol. The van der Waals surface area contributed by atoms with Crippen LogP contribution in [0.1, 0.15) is 32.5 Å². The molecule has 2 aromatic heterocycles. The van der Waals surface area contributed by atoms with Crippen molar-refractivity contribution in [1.82, 2.24) is 14.5 Å². The molecule has 3 N–H and O–H groups in total. The second-order valence-corrected chi connectivity index (χ2v) is 6.79. The molecule has 166 valence electrons. The van der Waals surface area contributed by atoms with Gasteiger partial charge in [0.05, 0.1) is 6.26 Å². The van der Waals surface area contributed by atoms with Crippen molar-refractivity contribution in [1.29, 1.82) is 0 Å². The van der Waals surface area contributed by atoms with Crippen molar-refractivity contribution in [3.63, 3.8) is 0 Å². The Morgan fingerprint density at radius 1 is 1.06 bits per heavy atom. The predicted molar refractivity (Wildman–Crippen MR) is 112 cm³/mol. The van der Waals surface area contributed by atoms with Crippen molar-refractivity contribution >= 4 is 23.5 Å². The molecule has 32 heavy (non-hydrogen) atoms. The van der Waals surface area contributed by atoms with Crippen LogP contribution in [0.2, 0.25) is 0 Å². The first-order chi connectivity index (χ1) is 15.2. The van der Waals surface area contributed by atoms with Crippen LogP contribution in [0.5, 0.6) is 0 Å². The number of hydrogen-bond acceptors (Lipinski definition) is 8. The largest absolute Gasteiger partial charge is 0.459 e. The minimum Gasteiger partial charge on any atom is -0.459 e. The zero-order valence-corrected chi connectivity index (χ0v) is 17.2. The Bertz CT molecular complexity index is 1270. The van der Waals surface area contributed by atoms with Gasteiger partial charge in [-0.25, -0.2) is 9.59 Å². The molecule has 0 aliphatic rings. The number of nitrogens with zero attached hydrogens (tertiary/aromatic N) is 2. The summed E-state index contributed by atoms with van der Waals surface area (Å²) in [7, 11) is 2.50. The number of aromatic nitrogens is 2. The number of rotatable bonds is 7. The van der Waals surface area contributed by atoms with Gasteiger partial charge >= 0.3 is 11.7 Å². The zero-order chi connectivity index (χ0) is 23.4. The minimum absolute atomic E-state index is 0.0173. The van der Waals surface area contributed by atoms with Crippen molar-refractivity contribution in [2.45, 2.75) is 6.04 Å². The molecule has 1 atom stereocenters. The van der Waals surface area contributed by atoms with E-state index >= 15 is 0 Å². The van der Waals surface area contributed by atoms with Gasteiger partial charge in [0.1, 0.15) is 11.4 Å². The lowest BCUT2D eigenvalue weighted by molar-refractivity contribution is -0.145. The molecule has 0 spiro atoms. The van der Waals surface area contributed by atoms with E-state index < -0.39 is 47.1 Å². The Hall–Kier alpha value is -4.41. The van der Waals surface area contributed by atoms with E-state index in [1.807, 2.05) is 0 Å². The highest BCUT2D eigenvalue weighted by atomic mass is 16.5. The van der Waals surface area contributed by atoms with Gasteiger partial charge in [-0.3, -0.25) is 23.5 Å². The number of nitrogens with two attached hydrogens (primary N) is 1. The molecule has 1 aromatic carbocycles. The van der Waals surface area contributed by atoms with Crippen LogP contribution in [0.4, 0.5) is 5.82 Å². The molecule has 0 aliphatic carbocycles. The number of ketones is 1. The number of esters is 1. The Labute approximate surface area is 181 Å². The molecule has 0 fully saturated rings. The first kappa shape index (κ1) is 22.3. The molecule has 0 radical (unpaired) electrons. The summed E-state index contributed by atoms with van der Waals surface area (Å²) in [5.41, 5.74) is 4.08. The molecule has 11 heteroatoms. The molecule has 0 saturated carbocycles. The first-order valence-electron chi connectivity index (χ1n) is 9.37. The second-order valence-electron chi connectivity index (χ2n) is 6.79. The van der Waals surface area contributed by atoms with E-state index in [-0.39, 0.29) is 11.6 Å². The number of nitrogen functional groups attached to an aromatic ring is 1. The number of carbonyl (C=O) groups is 3. The summed E-state index contributed by atoms with van der Waals surface area (Å²) >= 11 is 0. The maximum Gasteiger partial charge on any atom is 0.333 e. The number of hydrogen-bond donors (Lipinski definition) is 2. The van der Waals surface area contributed by atoms with Crippen LogP contribution in [-0.4, -0.2) is 33.4 Å². The normalized spacial score (nSPS) is 11.6. The highest BCUT2D eigenvalue weighted by Gasteiger charge is 2.28. The maximum absolute atomic E-state index is 12.8. The van der Waals surface area contributed by atoms with Crippen LogP contribution in [-0.2, 0) is 23.6 Å². The first-order valence-corrected chi connectivity index (χ1v) is 9.37. The lowest BCUT2D eigenvalue weighted by atomic mass is 10.1. The molecule has 0 aliphatic heterocycles. The summed E-state index contributed by atoms with van der Waals surface area (Å²) in [5, 5.41) is 2.49. The topological polar surface area (TPSA) is 156 Å².